The first kappa shape index (κ1) is 15.2. The third-order valence-corrected chi connectivity index (χ3v) is 4.54. The van der Waals surface area contributed by atoms with Crippen LogP contribution in [0.2, 0.25) is 0 Å². The lowest BCUT2D eigenvalue weighted by atomic mass is 10.2. The number of carboxylic acid groups (broad SMARTS) is 1. The van der Waals surface area contributed by atoms with Crippen LogP contribution in [0.15, 0.2) is 33.6 Å². The number of halogens is 1. The van der Waals surface area contributed by atoms with Crippen molar-refractivity contribution in [2.75, 3.05) is 0 Å². The molecule has 4 nitrogen and oxygen atoms in total. The van der Waals surface area contributed by atoms with Gasteiger partial charge in [0.05, 0.1) is 4.91 Å². The normalized spacial score (nSPS) is 18.7. The molecule has 2 rings (SSSR count). The Bertz CT molecular complexity index is 630. The smallest absolute Gasteiger partial charge is 0.326 e. The van der Waals surface area contributed by atoms with Gasteiger partial charge in [-0.2, -0.15) is 0 Å². The van der Waals surface area contributed by atoms with Crippen molar-refractivity contribution < 1.29 is 14.7 Å². The summed E-state index contributed by atoms with van der Waals surface area (Å²) < 4.78 is 1.17. The van der Waals surface area contributed by atoms with E-state index in [-0.39, 0.29) is 10.2 Å². The third-order valence-electron chi connectivity index (χ3n) is 2.71. The third kappa shape index (κ3) is 3.11. The van der Waals surface area contributed by atoms with Crippen LogP contribution >= 0.6 is 39.9 Å². The largest absolute Gasteiger partial charge is 0.480 e. The van der Waals surface area contributed by atoms with Gasteiger partial charge in [-0.1, -0.05) is 52.0 Å². The highest BCUT2D eigenvalue weighted by molar-refractivity contribution is 9.10. The van der Waals surface area contributed by atoms with Gasteiger partial charge in [-0.05, 0) is 30.7 Å². The molecule has 1 heterocycles. The molecule has 1 fully saturated rings. The number of benzene rings is 1. The number of nitrogens with zero attached hydrogens (tertiary/aromatic N) is 1. The second kappa shape index (κ2) is 6.07. The summed E-state index contributed by atoms with van der Waals surface area (Å²) in [6, 6.07) is 6.51. The second-order valence-electron chi connectivity index (χ2n) is 4.12. The minimum absolute atomic E-state index is 0.270. The van der Waals surface area contributed by atoms with Crippen LogP contribution in [0.5, 0.6) is 0 Å². The first-order chi connectivity index (χ1) is 9.40. The highest BCUT2D eigenvalue weighted by Gasteiger charge is 2.38. The predicted octanol–water partition coefficient (Wildman–Crippen LogP) is 3.12. The Morgan fingerprint density at radius 3 is 2.85 bits per heavy atom. The summed E-state index contributed by atoms with van der Waals surface area (Å²) in [5.74, 6) is -1.44. The SMILES string of the molecule is C[C@H](C(=O)O)N1C(=O)/C(=C\c2cccc(Br)c2)SC1=S. The number of rotatable bonds is 3. The van der Waals surface area contributed by atoms with Crippen molar-refractivity contribution in [3.8, 4) is 0 Å². The van der Waals surface area contributed by atoms with E-state index in [4.69, 9.17) is 17.3 Å². The van der Waals surface area contributed by atoms with Crippen molar-refractivity contribution in [1.29, 1.82) is 0 Å². The molecule has 104 valence electrons. The van der Waals surface area contributed by atoms with E-state index < -0.39 is 12.0 Å². The fourth-order valence-corrected chi connectivity index (χ4v) is 3.51. The average molecular weight is 372 g/mol. The molecule has 1 aliphatic rings. The van der Waals surface area contributed by atoms with Crippen molar-refractivity contribution in [2.45, 2.75) is 13.0 Å². The molecule has 1 aromatic rings. The van der Waals surface area contributed by atoms with Gasteiger partial charge in [-0.15, -0.1) is 0 Å². The van der Waals surface area contributed by atoms with E-state index in [2.05, 4.69) is 15.9 Å². The molecule has 0 saturated carbocycles. The molecule has 20 heavy (non-hydrogen) atoms. The highest BCUT2D eigenvalue weighted by atomic mass is 79.9. The first-order valence-electron chi connectivity index (χ1n) is 5.65. The molecule has 0 aromatic heterocycles. The summed E-state index contributed by atoms with van der Waals surface area (Å²) in [6.45, 7) is 1.44. The van der Waals surface area contributed by atoms with Crippen LogP contribution in [0.1, 0.15) is 12.5 Å². The zero-order chi connectivity index (χ0) is 14.9. The molecule has 1 atom stereocenters. The molecule has 7 heteroatoms. The Hall–Kier alpha value is -1.18. The Kier molecular flexibility index (Phi) is 4.62. The molecular formula is C13H10BrNO3S2. The lowest BCUT2D eigenvalue weighted by Crippen LogP contribution is -2.41. The number of thioether (sulfide) groups is 1. The van der Waals surface area contributed by atoms with Crippen molar-refractivity contribution >= 4 is 62.2 Å². The minimum atomic E-state index is -1.08. The number of carboxylic acids is 1. The number of hydrogen-bond acceptors (Lipinski definition) is 4. The van der Waals surface area contributed by atoms with Gasteiger partial charge in [-0.3, -0.25) is 9.69 Å². The standard InChI is InChI=1S/C13H10BrNO3S2/c1-7(12(17)18)15-11(16)10(20-13(15)19)6-8-3-2-4-9(14)5-8/h2-7H,1H3,(H,17,18)/b10-6+/t7-/m1/s1. The van der Waals surface area contributed by atoms with E-state index in [1.165, 1.54) is 6.92 Å². The topological polar surface area (TPSA) is 57.6 Å². The summed E-state index contributed by atoms with van der Waals surface area (Å²) >= 11 is 9.56. The molecular weight excluding hydrogens is 362 g/mol. The number of carbonyl (C=O) groups excluding carboxylic acids is 1. The number of aliphatic carboxylic acids is 1. The van der Waals surface area contributed by atoms with Gasteiger partial charge in [-0.25, -0.2) is 4.79 Å². The van der Waals surface area contributed by atoms with Crippen molar-refractivity contribution in [1.82, 2.24) is 4.90 Å². The quantitative estimate of drug-likeness (QED) is 0.653. The van der Waals surface area contributed by atoms with Crippen LogP contribution in [-0.2, 0) is 9.59 Å². The molecule has 1 amide bonds. The Morgan fingerprint density at radius 2 is 2.25 bits per heavy atom. The van der Waals surface area contributed by atoms with E-state index in [0.29, 0.717) is 4.91 Å². The van der Waals surface area contributed by atoms with Gasteiger partial charge in [0, 0.05) is 4.47 Å². The molecule has 1 saturated heterocycles. The summed E-state index contributed by atoms with van der Waals surface area (Å²) in [5, 5.41) is 9.00. The van der Waals surface area contributed by atoms with E-state index in [0.717, 1.165) is 26.7 Å². The Labute approximate surface area is 134 Å². The van der Waals surface area contributed by atoms with E-state index in [9.17, 15) is 9.59 Å². The number of amides is 1. The van der Waals surface area contributed by atoms with Crippen LogP contribution in [-0.4, -0.2) is 32.2 Å². The van der Waals surface area contributed by atoms with Crippen molar-refractivity contribution in [3.05, 3.63) is 39.2 Å². The molecule has 1 aromatic carbocycles. The Balaban J connectivity index is 2.30. The monoisotopic (exact) mass is 371 g/mol. The molecule has 0 radical (unpaired) electrons. The minimum Gasteiger partial charge on any atom is -0.480 e. The molecule has 0 bridgehead atoms. The molecule has 0 aliphatic carbocycles. The lowest BCUT2D eigenvalue weighted by molar-refractivity contribution is -0.144. The van der Waals surface area contributed by atoms with Crippen LogP contribution in [0.25, 0.3) is 6.08 Å². The molecule has 0 unspecified atom stereocenters. The van der Waals surface area contributed by atoms with E-state index in [1.807, 2.05) is 24.3 Å². The molecule has 1 aliphatic heterocycles. The first-order valence-corrected chi connectivity index (χ1v) is 7.67. The van der Waals surface area contributed by atoms with Gasteiger partial charge in [0.15, 0.2) is 0 Å². The summed E-state index contributed by atoms with van der Waals surface area (Å²) in [5.41, 5.74) is 0.850. The highest BCUT2D eigenvalue weighted by Crippen LogP contribution is 2.34. The molecule has 1 N–H and O–H groups in total. The van der Waals surface area contributed by atoms with Crippen LogP contribution in [0.3, 0.4) is 0 Å². The fraction of sp³-hybridized carbons (Fsp3) is 0.154. The van der Waals surface area contributed by atoms with Gasteiger partial charge in [0.1, 0.15) is 10.4 Å². The second-order valence-corrected chi connectivity index (χ2v) is 6.71. The summed E-state index contributed by atoms with van der Waals surface area (Å²) in [4.78, 5) is 24.8. The Morgan fingerprint density at radius 1 is 1.55 bits per heavy atom. The zero-order valence-corrected chi connectivity index (χ0v) is 13.6. The zero-order valence-electron chi connectivity index (χ0n) is 10.4. The van der Waals surface area contributed by atoms with Crippen LogP contribution in [0.4, 0.5) is 0 Å². The maximum atomic E-state index is 12.2. The summed E-state index contributed by atoms with van der Waals surface area (Å²) in [7, 11) is 0. The van der Waals surface area contributed by atoms with Crippen LogP contribution in [0, 0.1) is 0 Å². The van der Waals surface area contributed by atoms with Crippen LogP contribution < -0.4 is 0 Å². The number of hydrogen-bond donors (Lipinski definition) is 1. The van der Waals surface area contributed by atoms with Gasteiger partial charge >= 0.3 is 5.97 Å². The predicted molar refractivity (Wildman–Crippen MR) is 86.3 cm³/mol. The molecule has 0 spiro atoms. The average Bonchev–Trinajstić information content (AvgIpc) is 2.63. The van der Waals surface area contributed by atoms with Gasteiger partial charge in [0.25, 0.3) is 5.91 Å². The van der Waals surface area contributed by atoms with Crippen molar-refractivity contribution in [2.24, 2.45) is 0 Å². The maximum Gasteiger partial charge on any atom is 0.326 e. The number of thiocarbonyl (C=S) groups is 1. The fourth-order valence-electron chi connectivity index (χ4n) is 1.67. The lowest BCUT2D eigenvalue weighted by Gasteiger charge is -2.18. The van der Waals surface area contributed by atoms with E-state index in [1.54, 1.807) is 6.08 Å². The van der Waals surface area contributed by atoms with Gasteiger partial charge < -0.3 is 5.11 Å². The van der Waals surface area contributed by atoms with Crippen molar-refractivity contribution in [3.63, 3.8) is 0 Å². The van der Waals surface area contributed by atoms with Gasteiger partial charge in [0.2, 0.25) is 0 Å². The summed E-state index contributed by atoms with van der Waals surface area (Å²) in [6.07, 6.45) is 1.71. The van der Waals surface area contributed by atoms with E-state index >= 15 is 0 Å². The number of carbonyl (C=O) groups is 2. The maximum absolute atomic E-state index is 12.2.